The van der Waals surface area contributed by atoms with Gasteiger partial charge in [0.05, 0.1) is 29.3 Å². The molecule has 1 aromatic rings. The van der Waals surface area contributed by atoms with Crippen LogP contribution in [0.25, 0.3) is 0 Å². The standard InChI is InChI=1S/C17H28N4O3S2/c1-12-16(10-20(3)17(25)18-9-15-5-4-7-24-15)13(2)21(19-12)14-6-8-26(22,23)11-14/h14-15H,4-11H2,1-3H3,(H,18,25)/t14-,15+/m0/s1. The molecule has 7 nitrogen and oxygen atoms in total. The van der Waals surface area contributed by atoms with Gasteiger partial charge in [0.2, 0.25) is 0 Å². The van der Waals surface area contributed by atoms with E-state index >= 15 is 0 Å². The van der Waals surface area contributed by atoms with Crippen LogP contribution >= 0.6 is 12.2 Å². The molecule has 26 heavy (non-hydrogen) atoms. The molecule has 3 heterocycles. The van der Waals surface area contributed by atoms with Gasteiger partial charge in [-0.25, -0.2) is 8.42 Å². The first-order chi connectivity index (χ1) is 12.3. The van der Waals surface area contributed by atoms with Crippen molar-refractivity contribution in [2.24, 2.45) is 0 Å². The van der Waals surface area contributed by atoms with Crippen molar-refractivity contribution < 1.29 is 13.2 Å². The van der Waals surface area contributed by atoms with Crippen LogP contribution in [-0.4, -0.2) is 66.0 Å². The Morgan fingerprint density at radius 2 is 2.19 bits per heavy atom. The Bertz CT molecular complexity index is 769. The first-order valence-electron chi connectivity index (χ1n) is 9.12. The zero-order valence-electron chi connectivity index (χ0n) is 15.7. The highest BCUT2D eigenvalue weighted by Crippen LogP contribution is 2.27. The molecule has 1 N–H and O–H groups in total. The average Bonchev–Trinajstić information content (AvgIpc) is 3.28. The van der Waals surface area contributed by atoms with E-state index in [9.17, 15) is 8.42 Å². The van der Waals surface area contributed by atoms with Crippen molar-refractivity contribution in [2.75, 3.05) is 31.7 Å². The SMILES string of the molecule is Cc1nn([C@H]2CCS(=O)(=O)C2)c(C)c1CN(C)C(=S)NC[C@H]1CCCO1. The Kier molecular flexibility index (Phi) is 5.88. The van der Waals surface area contributed by atoms with E-state index in [4.69, 9.17) is 17.0 Å². The zero-order valence-corrected chi connectivity index (χ0v) is 17.3. The number of ether oxygens (including phenoxy) is 1. The molecule has 0 unspecified atom stereocenters. The molecule has 0 spiro atoms. The lowest BCUT2D eigenvalue weighted by molar-refractivity contribution is 0.113. The van der Waals surface area contributed by atoms with Crippen molar-refractivity contribution in [3.8, 4) is 0 Å². The molecular weight excluding hydrogens is 372 g/mol. The monoisotopic (exact) mass is 400 g/mol. The molecule has 3 rings (SSSR count). The van der Waals surface area contributed by atoms with Crippen molar-refractivity contribution >= 4 is 27.2 Å². The normalized spacial score (nSPS) is 24.7. The van der Waals surface area contributed by atoms with Gasteiger partial charge >= 0.3 is 0 Å². The van der Waals surface area contributed by atoms with Crippen LogP contribution in [0.1, 0.15) is 42.3 Å². The maximum atomic E-state index is 11.8. The topological polar surface area (TPSA) is 76.5 Å². The minimum absolute atomic E-state index is 0.0534. The second-order valence-corrected chi connectivity index (χ2v) is 9.94. The van der Waals surface area contributed by atoms with Gasteiger partial charge in [0, 0.05) is 38.0 Å². The van der Waals surface area contributed by atoms with Gasteiger partial charge in [-0.3, -0.25) is 4.68 Å². The van der Waals surface area contributed by atoms with Crippen molar-refractivity contribution in [1.82, 2.24) is 20.0 Å². The van der Waals surface area contributed by atoms with Gasteiger partial charge in [-0.1, -0.05) is 0 Å². The summed E-state index contributed by atoms with van der Waals surface area (Å²) < 4.78 is 31.1. The van der Waals surface area contributed by atoms with Crippen LogP contribution in [0.15, 0.2) is 0 Å². The van der Waals surface area contributed by atoms with Gasteiger partial charge in [0.15, 0.2) is 14.9 Å². The Hall–Kier alpha value is -1.19. The van der Waals surface area contributed by atoms with Crippen molar-refractivity contribution in [3.63, 3.8) is 0 Å². The lowest BCUT2D eigenvalue weighted by Gasteiger charge is -2.22. The molecule has 2 aliphatic heterocycles. The van der Waals surface area contributed by atoms with Crippen LogP contribution in [-0.2, 0) is 21.1 Å². The zero-order chi connectivity index (χ0) is 18.9. The minimum Gasteiger partial charge on any atom is -0.376 e. The minimum atomic E-state index is -2.93. The first-order valence-corrected chi connectivity index (χ1v) is 11.4. The van der Waals surface area contributed by atoms with Crippen molar-refractivity contribution in [1.29, 1.82) is 0 Å². The Morgan fingerprint density at radius 1 is 1.42 bits per heavy atom. The summed E-state index contributed by atoms with van der Waals surface area (Å²) in [6.45, 7) is 6.20. The fourth-order valence-electron chi connectivity index (χ4n) is 3.70. The highest BCUT2D eigenvalue weighted by molar-refractivity contribution is 7.91. The number of thiocarbonyl (C=S) groups is 1. The van der Waals surface area contributed by atoms with Gasteiger partial charge in [-0.05, 0) is 45.3 Å². The number of hydrogen-bond acceptors (Lipinski definition) is 5. The van der Waals surface area contributed by atoms with Crippen molar-refractivity contribution in [3.05, 3.63) is 17.0 Å². The number of sulfone groups is 1. The molecule has 0 aromatic carbocycles. The molecule has 0 aliphatic carbocycles. The van der Waals surface area contributed by atoms with Crippen LogP contribution in [0.4, 0.5) is 0 Å². The third-order valence-electron chi connectivity index (χ3n) is 5.28. The number of aromatic nitrogens is 2. The van der Waals surface area contributed by atoms with Gasteiger partial charge in [0.1, 0.15) is 0 Å². The number of nitrogens with zero attached hydrogens (tertiary/aromatic N) is 3. The van der Waals surface area contributed by atoms with Crippen LogP contribution in [0.5, 0.6) is 0 Å². The lowest BCUT2D eigenvalue weighted by Crippen LogP contribution is -2.40. The van der Waals surface area contributed by atoms with Crippen LogP contribution in [0, 0.1) is 13.8 Å². The highest BCUT2D eigenvalue weighted by atomic mass is 32.2. The highest BCUT2D eigenvalue weighted by Gasteiger charge is 2.31. The second kappa shape index (κ2) is 7.82. The summed E-state index contributed by atoms with van der Waals surface area (Å²) in [7, 11) is -0.970. The second-order valence-electron chi connectivity index (χ2n) is 7.33. The lowest BCUT2D eigenvalue weighted by atomic mass is 10.2. The molecule has 1 aromatic heterocycles. The van der Waals surface area contributed by atoms with E-state index in [-0.39, 0.29) is 23.7 Å². The van der Waals surface area contributed by atoms with E-state index < -0.39 is 9.84 Å². The largest absolute Gasteiger partial charge is 0.376 e. The summed E-state index contributed by atoms with van der Waals surface area (Å²) >= 11 is 5.49. The van der Waals surface area contributed by atoms with Crippen molar-refractivity contribution in [2.45, 2.75) is 51.8 Å². The number of nitrogens with one attached hydrogen (secondary N) is 1. The summed E-state index contributed by atoms with van der Waals surface area (Å²) in [5.74, 6) is 0.439. The predicted octanol–water partition coefficient (Wildman–Crippen LogP) is 1.34. The molecule has 0 radical (unpaired) electrons. The van der Waals surface area contributed by atoms with E-state index in [1.807, 2.05) is 30.5 Å². The fraction of sp³-hybridized carbons (Fsp3) is 0.765. The summed E-state index contributed by atoms with van der Waals surface area (Å²) in [5, 5.41) is 8.59. The maximum Gasteiger partial charge on any atom is 0.169 e. The van der Waals surface area contributed by atoms with Gasteiger partial charge in [0.25, 0.3) is 0 Å². The molecule has 2 fully saturated rings. The smallest absolute Gasteiger partial charge is 0.169 e. The number of rotatable bonds is 5. The molecule has 146 valence electrons. The summed E-state index contributed by atoms with van der Waals surface area (Å²) in [5.41, 5.74) is 3.07. The fourth-order valence-corrected chi connectivity index (χ4v) is 5.54. The average molecular weight is 401 g/mol. The Labute approximate surface area is 161 Å². The predicted molar refractivity (Wildman–Crippen MR) is 105 cm³/mol. The summed E-state index contributed by atoms with van der Waals surface area (Å²) in [6.07, 6.45) is 3.08. The quantitative estimate of drug-likeness (QED) is 0.748. The molecule has 9 heteroatoms. The first kappa shape index (κ1) is 19.6. The molecular formula is C17H28N4O3S2. The van der Waals surface area contributed by atoms with Crippen LogP contribution < -0.4 is 5.32 Å². The van der Waals surface area contributed by atoms with E-state index in [0.717, 1.165) is 42.9 Å². The Balaban J connectivity index is 1.62. The van der Waals surface area contributed by atoms with Crippen LogP contribution in [0.2, 0.25) is 0 Å². The van der Waals surface area contributed by atoms with Crippen LogP contribution in [0.3, 0.4) is 0 Å². The molecule has 0 bridgehead atoms. The molecule has 2 atom stereocenters. The Morgan fingerprint density at radius 3 is 2.81 bits per heavy atom. The van der Waals surface area contributed by atoms with Gasteiger partial charge in [-0.15, -0.1) is 0 Å². The van der Waals surface area contributed by atoms with Gasteiger partial charge in [-0.2, -0.15) is 5.10 Å². The van der Waals surface area contributed by atoms with E-state index in [1.54, 1.807) is 0 Å². The molecule has 0 saturated carbocycles. The number of hydrogen-bond donors (Lipinski definition) is 1. The molecule has 2 saturated heterocycles. The number of aryl methyl sites for hydroxylation is 1. The summed E-state index contributed by atoms with van der Waals surface area (Å²) in [4.78, 5) is 2.00. The third kappa shape index (κ3) is 4.37. The third-order valence-corrected chi connectivity index (χ3v) is 7.48. The van der Waals surface area contributed by atoms with E-state index in [2.05, 4.69) is 10.4 Å². The maximum absolute atomic E-state index is 11.8. The molecule has 2 aliphatic rings. The molecule has 0 amide bonds. The van der Waals surface area contributed by atoms with E-state index in [0.29, 0.717) is 18.1 Å². The van der Waals surface area contributed by atoms with E-state index in [1.165, 1.54) is 0 Å². The summed E-state index contributed by atoms with van der Waals surface area (Å²) in [6, 6.07) is -0.0534. The van der Waals surface area contributed by atoms with Gasteiger partial charge < -0.3 is 15.0 Å².